The number of aldehydes is 1. The van der Waals surface area contributed by atoms with Gasteiger partial charge in [-0.1, -0.05) is 18.9 Å². The van der Waals surface area contributed by atoms with Crippen LogP contribution in [0.3, 0.4) is 0 Å². The third-order valence-corrected chi connectivity index (χ3v) is 5.65. The van der Waals surface area contributed by atoms with Crippen LogP contribution in [0.4, 0.5) is 0 Å². The molecular formula is C18H22N2O4. The molecule has 0 aromatic rings. The van der Waals surface area contributed by atoms with Gasteiger partial charge in [-0.15, -0.1) is 0 Å². The van der Waals surface area contributed by atoms with Gasteiger partial charge in [0.25, 0.3) is 0 Å². The van der Waals surface area contributed by atoms with Crippen molar-refractivity contribution in [3.05, 3.63) is 23.3 Å². The van der Waals surface area contributed by atoms with E-state index in [9.17, 15) is 19.2 Å². The lowest BCUT2D eigenvalue weighted by atomic mass is 9.57. The number of carbonyl (C=O) groups excluding carboxylic acids is 4. The fourth-order valence-corrected chi connectivity index (χ4v) is 4.39. The maximum atomic E-state index is 13.1. The molecule has 6 heteroatoms. The Morgan fingerprint density at radius 2 is 2.04 bits per heavy atom. The molecule has 1 aliphatic carbocycles. The number of hydrogen-bond acceptors (Lipinski definition) is 4. The molecule has 4 unspecified atom stereocenters. The van der Waals surface area contributed by atoms with Crippen LogP contribution in [0, 0.1) is 11.3 Å². The molecular weight excluding hydrogens is 308 g/mol. The molecule has 3 rings (SSSR count). The Bertz CT molecular complexity index is 693. The minimum absolute atomic E-state index is 0.197. The minimum atomic E-state index is -1.00. The molecule has 1 N–H and O–H groups in total. The summed E-state index contributed by atoms with van der Waals surface area (Å²) in [6, 6.07) is -1.52. The van der Waals surface area contributed by atoms with Crippen LogP contribution in [-0.4, -0.2) is 47.9 Å². The fraction of sp³-hybridized carbons (Fsp3) is 0.556. The third kappa shape index (κ3) is 2.16. The van der Waals surface area contributed by atoms with Crippen molar-refractivity contribution < 1.29 is 19.2 Å². The molecule has 0 radical (unpaired) electrons. The molecule has 4 atom stereocenters. The lowest BCUT2D eigenvalue weighted by Gasteiger charge is -2.52. The van der Waals surface area contributed by atoms with Crippen LogP contribution >= 0.6 is 0 Å². The number of rotatable bonds is 3. The first-order chi connectivity index (χ1) is 11.4. The normalized spacial score (nSPS) is 35.5. The van der Waals surface area contributed by atoms with Gasteiger partial charge in [0.15, 0.2) is 5.78 Å². The van der Waals surface area contributed by atoms with Crippen molar-refractivity contribution >= 4 is 23.9 Å². The van der Waals surface area contributed by atoms with Crippen LogP contribution in [0.2, 0.25) is 0 Å². The van der Waals surface area contributed by atoms with Crippen molar-refractivity contribution in [1.29, 1.82) is 0 Å². The van der Waals surface area contributed by atoms with Gasteiger partial charge in [-0.3, -0.25) is 14.4 Å². The van der Waals surface area contributed by atoms with Gasteiger partial charge in [0, 0.05) is 25.1 Å². The Hall–Kier alpha value is -2.24. The highest BCUT2D eigenvalue weighted by Gasteiger charge is 2.59. The van der Waals surface area contributed by atoms with Crippen molar-refractivity contribution in [2.45, 2.75) is 45.2 Å². The van der Waals surface area contributed by atoms with Crippen molar-refractivity contribution in [3.8, 4) is 0 Å². The Morgan fingerprint density at radius 1 is 1.33 bits per heavy atom. The predicted octanol–water partition coefficient (Wildman–Crippen LogP) is 0.772. The molecule has 0 aromatic carbocycles. The van der Waals surface area contributed by atoms with Crippen LogP contribution in [0.15, 0.2) is 23.3 Å². The van der Waals surface area contributed by atoms with E-state index in [2.05, 4.69) is 5.32 Å². The van der Waals surface area contributed by atoms with Gasteiger partial charge in [0.2, 0.25) is 11.8 Å². The van der Waals surface area contributed by atoms with Crippen LogP contribution in [-0.2, 0) is 19.2 Å². The second-order valence-electron chi connectivity index (χ2n) is 7.01. The number of Topliss-reactive ketones (excluding diaryl/α,β-unsaturated/α-hetero) is 1. The summed E-state index contributed by atoms with van der Waals surface area (Å²) in [5.41, 5.74) is 0.551. The van der Waals surface area contributed by atoms with Crippen LogP contribution in [0.5, 0.6) is 0 Å². The molecule has 1 fully saturated rings. The van der Waals surface area contributed by atoms with Gasteiger partial charge in [0.05, 0.1) is 11.5 Å². The molecule has 0 saturated heterocycles. The summed E-state index contributed by atoms with van der Waals surface area (Å²) in [6.07, 6.45) is 5.67. The minimum Gasteiger partial charge on any atom is -0.341 e. The topological polar surface area (TPSA) is 83.5 Å². The van der Waals surface area contributed by atoms with E-state index < -0.39 is 17.5 Å². The van der Waals surface area contributed by atoms with E-state index in [1.807, 2.05) is 13.8 Å². The Morgan fingerprint density at radius 3 is 2.67 bits per heavy atom. The number of carbonyl (C=O) groups is 4. The number of ketones is 1. The molecule has 0 bridgehead atoms. The lowest BCUT2D eigenvalue weighted by molar-refractivity contribution is -0.147. The summed E-state index contributed by atoms with van der Waals surface area (Å²) in [7, 11) is 1.60. The summed E-state index contributed by atoms with van der Waals surface area (Å²) >= 11 is 0. The van der Waals surface area contributed by atoms with Gasteiger partial charge < -0.3 is 15.0 Å². The highest BCUT2D eigenvalue weighted by atomic mass is 16.2. The molecule has 0 aromatic heterocycles. The molecule has 128 valence electrons. The average Bonchev–Trinajstić information content (AvgIpc) is 2.54. The number of amides is 2. The first-order valence-corrected chi connectivity index (χ1v) is 8.32. The van der Waals surface area contributed by atoms with Crippen LogP contribution < -0.4 is 5.32 Å². The Labute approximate surface area is 141 Å². The summed E-state index contributed by atoms with van der Waals surface area (Å²) in [6.45, 7) is 3.81. The monoisotopic (exact) mass is 330 g/mol. The first kappa shape index (κ1) is 16.6. The largest absolute Gasteiger partial charge is 0.341 e. The van der Waals surface area contributed by atoms with E-state index >= 15 is 0 Å². The maximum absolute atomic E-state index is 13.1. The molecule has 2 heterocycles. The second-order valence-corrected chi connectivity index (χ2v) is 7.01. The van der Waals surface area contributed by atoms with E-state index in [4.69, 9.17) is 0 Å². The van der Waals surface area contributed by atoms with E-state index in [0.29, 0.717) is 12.8 Å². The standard InChI is InChI=1S/C18H22N2O4/c1-4-5-11-7-13(22)19-17-16(24)15-12(8-18(11,17)9-21)10(2)6-14(23)20(15)3/h6-7,9,12,15,17H,4-5,8H2,1-3H3,(H,19,22). The van der Waals surface area contributed by atoms with E-state index in [1.54, 1.807) is 7.05 Å². The molecule has 6 nitrogen and oxygen atoms in total. The smallest absolute Gasteiger partial charge is 0.246 e. The average molecular weight is 330 g/mol. The van der Waals surface area contributed by atoms with Gasteiger partial charge in [-0.2, -0.15) is 0 Å². The van der Waals surface area contributed by atoms with Crippen LogP contribution in [0.25, 0.3) is 0 Å². The number of nitrogens with zero attached hydrogens (tertiary/aromatic N) is 1. The Balaban J connectivity index is 2.13. The number of fused-ring (bicyclic) bond motifs is 2. The van der Waals surface area contributed by atoms with E-state index in [-0.39, 0.29) is 23.5 Å². The maximum Gasteiger partial charge on any atom is 0.246 e. The zero-order valence-corrected chi connectivity index (χ0v) is 14.2. The third-order valence-electron chi connectivity index (χ3n) is 5.65. The highest BCUT2D eigenvalue weighted by molar-refractivity contribution is 6.05. The van der Waals surface area contributed by atoms with Gasteiger partial charge in [0.1, 0.15) is 12.3 Å². The lowest BCUT2D eigenvalue weighted by Crippen LogP contribution is -2.68. The van der Waals surface area contributed by atoms with Crippen molar-refractivity contribution in [2.24, 2.45) is 11.3 Å². The molecule has 24 heavy (non-hydrogen) atoms. The van der Waals surface area contributed by atoms with E-state index in [1.165, 1.54) is 17.1 Å². The number of nitrogens with one attached hydrogen (secondary N) is 1. The second kappa shape index (κ2) is 5.69. The fourth-order valence-electron chi connectivity index (χ4n) is 4.39. The number of hydrogen-bond donors (Lipinski definition) is 1. The summed E-state index contributed by atoms with van der Waals surface area (Å²) in [4.78, 5) is 50.8. The molecule has 1 saturated carbocycles. The molecule has 3 aliphatic rings. The van der Waals surface area contributed by atoms with Gasteiger partial charge in [-0.05, 0) is 25.3 Å². The first-order valence-electron chi connectivity index (χ1n) is 8.32. The zero-order valence-electron chi connectivity index (χ0n) is 14.2. The Kier molecular flexibility index (Phi) is 3.94. The molecule has 0 spiro atoms. The quantitative estimate of drug-likeness (QED) is 0.775. The highest BCUT2D eigenvalue weighted by Crippen LogP contribution is 2.49. The molecule has 2 amide bonds. The summed E-state index contributed by atoms with van der Waals surface area (Å²) in [5, 5.41) is 2.68. The molecule has 2 aliphatic heterocycles. The predicted molar refractivity (Wildman–Crippen MR) is 86.8 cm³/mol. The zero-order chi connectivity index (χ0) is 17.6. The number of likely N-dealkylation sites (N-methyl/N-ethyl adjacent to an activating group) is 1. The van der Waals surface area contributed by atoms with Crippen LogP contribution in [0.1, 0.15) is 33.1 Å². The van der Waals surface area contributed by atoms with Crippen molar-refractivity contribution in [2.75, 3.05) is 7.05 Å². The van der Waals surface area contributed by atoms with Gasteiger partial charge >= 0.3 is 0 Å². The van der Waals surface area contributed by atoms with E-state index in [0.717, 1.165) is 23.9 Å². The van der Waals surface area contributed by atoms with Crippen molar-refractivity contribution in [3.63, 3.8) is 0 Å². The SMILES string of the molecule is CCCC1=CC(=O)NC2C(=O)C3C(CC12C=O)C(C)=CC(=O)N3C. The summed E-state index contributed by atoms with van der Waals surface area (Å²) in [5.74, 6) is -1.01. The summed E-state index contributed by atoms with van der Waals surface area (Å²) < 4.78 is 0. The van der Waals surface area contributed by atoms with Gasteiger partial charge in [-0.25, -0.2) is 0 Å². The van der Waals surface area contributed by atoms with Crippen molar-refractivity contribution in [1.82, 2.24) is 10.2 Å².